The summed E-state index contributed by atoms with van der Waals surface area (Å²) in [4.78, 5) is 23.3. The van der Waals surface area contributed by atoms with Gasteiger partial charge in [-0.1, -0.05) is 267 Å². The van der Waals surface area contributed by atoms with Crippen molar-refractivity contribution in [1.82, 2.24) is 5.32 Å². The van der Waals surface area contributed by atoms with Crippen molar-refractivity contribution in [2.75, 3.05) is 40.9 Å². The maximum atomic E-state index is 13.0. The molecular formula is C64H122N2O6P+. The molecule has 0 aromatic heterocycles. The van der Waals surface area contributed by atoms with Crippen LogP contribution in [0.5, 0.6) is 0 Å². The molecule has 0 rings (SSSR count). The van der Waals surface area contributed by atoms with Gasteiger partial charge in [-0.15, -0.1) is 0 Å². The number of allylic oxidation sites excluding steroid dienone is 9. The molecule has 3 atom stereocenters. The van der Waals surface area contributed by atoms with Crippen LogP contribution >= 0.6 is 7.82 Å². The van der Waals surface area contributed by atoms with Crippen LogP contribution in [-0.4, -0.2) is 73.4 Å². The number of rotatable bonds is 57. The predicted octanol–water partition coefficient (Wildman–Crippen LogP) is 19.3. The third kappa shape index (κ3) is 57.7. The predicted molar refractivity (Wildman–Crippen MR) is 318 cm³/mol. The fraction of sp³-hybridized carbons (Fsp3) is 0.828. The van der Waals surface area contributed by atoms with Crippen molar-refractivity contribution in [2.24, 2.45) is 0 Å². The van der Waals surface area contributed by atoms with Crippen LogP contribution in [0.15, 0.2) is 60.8 Å². The molecule has 428 valence electrons. The van der Waals surface area contributed by atoms with Gasteiger partial charge in [0, 0.05) is 6.42 Å². The standard InChI is InChI=1S/C64H121N2O6P/c1-6-8-10-12-14-16-18-20-22-23-24-25-26-27-28-29-30-31-32-33-34-35-36-37-38-39-40-41-42-43-44-46-48-50-52-54-56-58-64(68)65-62(61-72-73(69,70)71-60-59-66(3,4)5)63(67)57-55-53-51-49-47-45-21-19-17-15-13-11-9-7-2/h17,19,28-29,31-32,47,49,55,57,62-63,67H,6-16,18,20-27,30,33-46,48,50-54,56,58-61H2,1-5H3,(H-,65,68,69,70)/p+1/b19-17+,29-28-,32-31-,49-47+,57-55+. The summed E-state index contributed by atoms with van der Waals surface area (Å²) in [5.74, 6) is -0.190. The number of hydrogen-bond donors (Lipinski definition) is 3. The molecule has 0 aliphatic carbocycles. The van der Waals surface area contributed by atoms with E-state index in [0.29, 0.717) is 17.4 Å². The van der Waals surface area contributed by atoms with E-state index in [0.717, 1.165) is 51.4 Å². The fourth-order valence-electron chi connectivity index (χ4n) is 9.05. The summed E-state index contributed by atoms with van der Waals surface area (Å²) in [5, 5.41) is 13.9. The molecule has 9 heteroatoms. The van der Waals surface area contributed by atoms with E-state index in [1.165, 1.54) is 218 Å². The molecule has 0 aromatic carbocycles. The maximum Gasteiger partial charge on any atom is 0.472 e. The lowest BCUT2D eigenvalue weighted by molar-refractivity contribution is -0.870. The van der Waals surface area contributed by atoms with Crippen LogP contribution in [0.1, 0.15) is 290 Å². The number of carbonyl (C=O) groups excluding carboxylic acids is 1. The van der Waals surface area contributed by atoms with Crippen LogP contribution in [0.3, 0.4) is 0 Å². The number of aliphatic hydroxyl groups excluding tert-OH is 1. The Kier molecular flexibility index (Phi) is 53.6. The van der Waals surface area contributed by atoms with Crippen LogP contribution in [0.25, 0.3) is 0 Å². The summed E-state index contributed by atoms with van der Waals surface area (Å²) in [7, 11) is 1.55. The van der Waals surface area contributed by atoms with Gasteiger partial charge in [0.15, 0.2) is 0 Å². The minimum atomic E-state index is -4.36. The molecule has 0 aromatic rings. The van der Waals surface area contributed by atoms with E-state index in [4.69, 9.17) is 9.05 Å². The summed E-state index contributed by atoms with van der Waals surface area (Å²) < 4.78 is 23.7. The van der Waals surface area contributed by atoms with Gasteiger partial charge in [0.05, 0.1) is 39.9 Å². The molecule has 0 spiro atoms. The minimum Gasteiger partial charge on any atom is -0.387 e. The second-order valence-corrected chi connectivity index (χ2v) is 23.9. The van der Waals surface area contributed by atoms with Gasteiger partial charge in [0.25, 0.3) is 0 Å². The number of phosphoric ester groups is 1. The molecular weight excluding hydrogens is 924 g/mol. The van der Waals surface area contributed by atoms with Crippen molar-refractivity contribution in [1.29, 1.82) is 0 Å². The van der Waals surface area contributed by atoms with Gasteiger partial charge >= 0.3 is 7.82 Å². The van der Waals surface area contributed by atoms with Crippen molar-refractivity contribution in [3.63, 3.8) is 0 Å². The van der Waals surface area contributed by atoms with Gasteiger partial charge in [0.1, 0.15) is 13.2 Å². The van der Waals surface area contributed by atoms with Crippen molar-refractivity contribution >= 4 is 13.7 Å². The topological polar surface area (TPSA) is 105 Å². The molecule has 0 aliphatic rings. The number of nitrogens with zero attached hydrogens (tertiary/aromatic N) is 1. The van der Waals surface area contributed by atoms with Crippen LogP contribution in [0, 0.1) is 0 Å². The molecule has 0 fully saturated rings. The van der Waals surface area contributed by atoms with Gasteiger partial charge in [-0.05, 0) is 77.0 Å². The third-order valence-corrected chi connectivity index (χ3v) is 14.9. The summed E-state index contributed by atoms with van der Waals surface area (Å²) in [6.07, 6.45) is 75.1. The number of nitrogens with one attached hydrogen (secondary N) is 1. The van der Waals surface area contributed by atoms with E-state index in [1.54, 1.807) is 6.08 Å². The lowest BCUT2D eigenvalue weighted by Gasteiger charge is -2.25. The molecule has 3 N–H and O–H groups in total. The summed E-state index contributed by atoms with van der Waals surface area (Å²) in [6, 6.07) is -0.870. The van der Waals surface area contributed by atoms with E-state index in [-0.39, 0.29) is 19.1 Å². The van der Waals surface area contributed by atoms with Gasteiger partial charge in [0.2, 0.25) is 5.91 Å². The molecule has 0 aliphatic heterocycles. The Bertz CT molecular complexity index is 1370. The second kappa shape index (κ2) is 55.0. The third-order valence-electron chi connectivity index (χ3n) is 13.9. The highest BCUT2D eigenvalue weighted by Crippen LogP contribution is 2.43. The van der Waals surface area contributed by atoms with E-state index < -0.39 is 20.0 Å². The first kappa shape index (κ1) is 71.2. The summed E-state index contributed by atoms with van der Waals surface area (Å²) in [5.41, 5.74) is 0. The van der Waals surface area contributed by atoms with E-state index in [2.05, 4.69) is 67.8 Å². The van der Waals surface area contributed by atoms with Crippen LogP contribution in [0.4, 0.5) is 0 Å². The zero-order valence-corrected chi connectivity index (χ0v) is 49.8. The quantitative estimate of drug-likeness (QED) is 0.0243. The Labute approximate surface area is 453 Å². The lowest BCUT2D eigenvalue weighted by atomic mass is 10.0. The monoisotopic (exact) mass is 1050 g/mol. The molecule has 3 unspecified atom stereocenters. The molecule has 8 nitrogen and oxygen atoms in total. The first-order valence-electron chi connectivity index (χ1n) is 31.2. The number of phosphoric acid groups is 1. The largest absolute Gasteiger partial charge is 0.472 e. The highest BCUT2D eigenvalue weighted by atomic mass is 31.2. The number of aliphatic hydroxyl groups is 1. The number of unbranched alkanes of at least 4 members (excludes halogenated alkanes) is 36. The Morgan fingerprint density at radius 2 is 0.795 bits per heavy atom. The van der Waals surface area contributed by atoms with E-state index in [1.807, 2.05) is 27.2 Å². The SMILES string of the molecule is CCCCCC/C=C/CC/C=C/CC/C=C/C(O)C(COP(=O)(O)OCC[N+](C)(C)C)NC(=O)CCCCCCCCCCCCCCCCCCC/C=C\C/C=C\CCCCCCCCCCCCCCC. The van der Waals surface area contributed by atoms with Crippen molar-refractivity contribution in [2.45, 2.75) is 302 Å². The summed E-state index contributed by atoms with van der Waals surface area (Å²) >= 11 is 0. The molecule has 0 radical (unpaired) electrons. The molecule has 0 saturated heterocycles. The van der Waals surface area contributed by atoms with E-state index >= 15 is 0 Å². The van der Waals surface area contributed by atoms with Crippen LogP contribution in [-0.2, 0) is 18.4 Å². The summed E-state index contributed by atoms with van der Waals surface area (Å²) in [6.45, 7) is 4.78. The fourth-order valence-corrected chi connectivity index (χ4v) is 9.78. The minimum absolute atomic E-state index is 0.0527. The number of quaternary nitrogens is 1. The number of carbonyl (C=O) groups is 1. The zero-order chi connectivity index (χ0) is 53.5. The van der Waals surface area contributed by atoms with Gasteiger partial charge in [-0.3, -0.25) is 13.8 Å². The maximum absolute atomic E-state index is 13.0. The van der Waals surface area contributed by atoms with Crippen molar-refractivity contribution in [3.8, 4) is 0 Å². The highest BCUT2D eigenvalue weighted by molar-refractivity contribution is 7.47. The molecule has 73 heavy (non-hydrogen) atoms. The van der Waals surface area contributed by atoms with Crippen LogP contribution < -0.4 is 5.32 Å². The zero-order valence-electron chi connectivity index (χ0n) is 48.9. The number of hydrogen-bond acceptors (Lipinski definition) is 5. The number of amides is 1. The Hall–Kier alpha value is -1.80. The second-order valence-electron chi connectivity index (χ2n) is 22.4. The Morgan fingerprint density at radius 3 is 1.19 bits per heavy atom. The van der Waals surface area contributed by atoms with Crippen molar-refractivity contribution in [3.05, 3.63) is 60.8 Å². The van der Waals surface area contributed by atoms with Crippen molar-refractivity contribution < 1.29 is 32.9 Å². The van der Waals surface area contributed by atoms with E-state index in [9.17, 15) is 19.4 Å². The first-order chi connectivity index (χ1) is 35.5. The molecule has 0 saturated carbocycles. The van der Waals surface area contributed by atoms with Crippen LogP contribution in [0.2, 0.25) is 0 Å². The van der Waals surface area contributed by atoms with Gasteiger partial charge in [-0.2, -0.15) is 0 Å². The molecule has 1 amide bonds. The lowest BCUT2D eigenvalue weighted by Crippen LogP contribution is -2.45. The average Bonchev–Trinajstić information content (AvgIpc) is 3.35. The van der Waals surface area contributed by atoms with Gasteiger partial charge < -0.3 is 19.8 Å². The highest BCUT2D eigenvalue weighted by Gasteiger charge is 2.27. The smallest absolute Gasteiger partial charge is 0.387 e. The normalized spacial score (nSPS) is 14.2. The first-order valence-corrected chi connectivity index (χ1v) is 32.7. The van der Waals surface area contributed by atoms with Gasteiger partial charge in [-0.25, -0.2) is 4.57 Å². The average molecular weight is 1050 g/mol. The number of likely N-dealkylation sites (N-methyl/N-ethyl adjacent to an activating group) is 1. The Morgan fingerprint density at radius 1 is 0.466 bits per heavy atom. The Balaban J connectivity index is 3.98. The molecule has 0 heterocycles. The molecule has 0 bridgehead atoms.